The van der Waals surface area contributed by atoms with Crippen LogP contribution in [-0.4, -0.2) is 35.2 Å². The van der Waals surface area contributed by atoms with Crippen molar-refractivity contribution >= 4 is 0 Å². The molecule has 2 unspecified atom stereocenters. The molecule has 2 heterocycles. The van der Waals surface area contributed by atoms with Crippen molar-refractivity contribution in [1.29, 1.82) is 0 Å². The van der Waals surface area contributed by atoms with Gasteiger partial charge in [-0.2, -0.15) is 0 Å². The molecule has 2 saturated carbocycles. The van der Waals surface area contributed by atoms with Crippen molar-refractivity contribution in [3.63, 3.8) is 0 Å². The Kier molecular flexibility index (Phi) is 3.07. The van der Waals surface area contributed by atoms with E-state index in [0.29, 0.717) is 17.9 Å². The third-order valence-corrected chi connectivity index (χ3v) is 8.30. The summed E-state index contributed by atoms with van der Waals surface area (Å²) in [6.07, 6.45) is 12.2. The fourth-order valence-corrected chi connectivity index (χ4v) is 7.03. The minimum atomic E-state index is 0.193. The molecule has 0 aromatic heterocycles. The number of likely N-dealkylation sites (tertiary alicyclic amines) is 1. The van der Waals surface area contributed by atoms with Crippen molar-refractivity contribution in [3.8, 4) is 11.5 Å². The zero-order valence-corrected chi connectivity index (χ0v) is 15.0. The van der Waals surface area contributed by atoms with Gasteiger partial charge in [-0.3, -0.25) is 4.90 Å². The third kappa shape index (κ3) is 1.86. The summed E-state index contributed by atoms with van der Waals surface area (Å²) in [6.45, 7) is 2.60. The molecule has 3 nitrogen and oxygen atoms in total. The molecule has 1 N–H and O–H groups in total. The fourth-order valence-electron chi connectivity index (χ4n) is 7.03. The molecule has 2 aliphatic heterocycles. The van der Waals surface area contributed by atoms with E-state index in [1.165, 1.54) is 75.6 Å². The summed E-state index contributed by atoms with van der Waals surface area (Å²) in [5.41, 5.74) is 3.08. The van der Waals surface area contributed by atoms with Crippen molar-refractivity contribution in [3.05, 3.63) is 23.3 Å². The Labute approximate surface area is 150 Å². The molecule has 25 heavy (non-hydrogen) atoms. The Morgan fingerprint density at radius 3 is 2.88 bits per heavy atom. The number of phenolic OH excluding ortho intramolecular Hbond substituents is 1. The molecule has 3 heteroatoms. The fraction of sp³-hybridized carbons (Fsp3) is 0.727. The molecule has 0 radical (unpaired) electrons. The Hall–Kier alpha value is -1.22. The lowest BCUT2D eigenvalue weighted by Gasteiger charge is -2.49. The maximum Gasteiger partial charge on any atom is 0.165 e. The van der Waals surface area contributed by atoms with Gasteiger partial charge in [0.15, 0.2) is 11.5 Å². The van der Waals surface area contributed by atoms with Gasteiger partial charge in [-0.05, 0) is 75.0 Å². The van der Waals surface area contributed by atoms with Gasteiger partial charge in [0.05, 0.1) is 0 Å². The monoisotopic (exact) mass is 339 g/mol. The van der Waals surface area contributed by atoms with Crippen LogP contribution in [0.2, 0.25) is 0 Å². The Bertz CT molecular complexity index is 712. The van der Waals surface area contributed by atoms with Crippen molar-refractivity contribution < 1.29 is 9.84 Å². The van der Waals surface area contributed by atoms with Crippen LogP contribution >= 0.6 is 0 Å². The van der Waals surface area contributed by atoms with E-state index in [9.17, 15) is 5.11 Å². The van der Waals surface area contributed by atoms with Crippen molar-refractivity contribution in [2.45, 2.75) is 75.3 Å². The van der Waals surface area contributed by atoms with Gasteiger partial charge in [0.2, 0.25) is 0 Å². The van der Waals surface area contributed by atoms with Crippen LogP contribution in [0.3, 0.4) is 0 Å². The van der Waals surface area contributed by atoms with Gasteiger partial charge in [-0.1, -0.05) is 18.9 Å². The maximum absolute atomic E-state index is 10.5. The second-order valence-electron chi connectivity index (χ2n) is 9.30. The van der Waals surface area contributed by atoms with E-state index in [1.54, 1.807) is 0 Å². The molecule has 1 saturated heterocycles. The lowest BCUT2D eigenvalue weighted by molar-refractivity contribution is 0.0298. The van der Waals surface area contributed by atoms with E-state index in [-0.39, 0.29) is 5.41 Å². The van der Waals surface area contributed by atoms with Crippen LogP contribution in [0.5, 0.6) is 11.5 Å². The number of aromatic hydroxyl groups is 1. The van der Waals surface area contributed by atoms with Crippen molar-refractivity contribution in [1.82, 2.24) is 4.90 Å². The zero-order chi connectivity index (χ0) is 16.6. The Morgan fingerprint density at radius 2 is 2.04 bits per heavy atom. The molecule has 3 fully saturated rings. The van der Waals surface area contributed by atoms with Crippen LogP contribution in [-0.2, 0) is 11.8 Å². The normalized spacial score (nSPS) is 39.3. The second-order valence-corrected chi connectivity index (χ2v) is 9.30. The molecule has 5 aliphatic rings. The molecule has 0 bridgehead atoms. The number of phenols is 1. The highest BCUT2D eigenvalue weighted by Crippen LogP contribution is 2.63. The van der Waals surface area contributed by atoms with Gasteiger partial charge in [0.1, 0.15) is 6.10 Å². The summed E-state index contributed by atoms with van der Waals surface area (Å²) in [4.78, 5) is 2.84. The molecule has 1 spiro atoms. The van der Waals surface area contributed by atoms with Crippen LogP contribution in [0.4, 0.5) is 0 Å². The lowest BCUT2D eigenvalue weighted by Crippen LogP contribution is -2.55. The minimum Gasteiger partial charge on any atom is -0.504 e. The average molecular weight is 339 g/mol. The third-order valence-electron chi connectivity index (χ3n) is 8.30. The highest BCUT2D eigenvalue weighted by Gasteiger charge is 2.62. The van der Waals surface area contributed by atoms with Crippen LogP contribution in [0.15, 0.2) is 12.1 Å². The molecule has 1 aromatic carbocycles. The molecular formula is C22H29NO2. The van der Waals surface area contributed by atoms with E-state index in [1.807, 2.05) is 6.07 Å². The van der Waals surface area contributed by atoms with E-state index in [2.05, 4.69) is 11.0 Å². The van der Waals surface area contributed by atoms with E-state index < -0.39 is 0 Å². The number of benzene rings is 1. The van der Waals surface area contributed by atoms with Crippen LogP contribution in [0, 0.1) is 11.8 Å². The topological polar surface area (TPSA) is 32.7 Å². The minimum absolute atomic E-state index is 0.193. The summed E-state index contributed by atoms with van der Waals surface area (Å²) >= 11 is 0. The summed E-state index contributed by atoms with van der Waals surface area (Å²) in [5.74, 6) is 2.90. The number of rotatable bonds is 2. The number of hydrogen-bond acceptors (Lipinski definition) is 3. The summed E-state index contributed by atoms with van der Waals surface area (Å²) in [6, 6.07) is 4.78. The van der Waals surface area contributed by atoms with Gasteiger partial charge >= 0.3 is 0 Å². The summed E-state index contributed by atoms with van der Waals surface area (Å²) in [7, 11) is 0. The molecule has 4 atom stereocenters. The largest absolute Gasteiger partial charge is 0.504 e. The van der Waals surface area contributed by atoms with Gasteiger partial charge in [-0.25, -0.2) is 0 Å². The van der Waals surface area contributed by atoms with E-state index in [4.69, 9.17) is 4.74 Å². The first kappa shape index (κ1) is 14.9. The SMILES string of the molecule is Oc1ccc2c3c1O[C@H]1CCCC[C@]31C1CCN(CC3CCC3)C1C2. The molecule has 3 aliphatic carbocycles. The smallest absolute Gasteiger partial charge is 0.165 e. The zero-order valence-electron chi connectivity index (χ0n) is 15.0. The highest BCUT2D eigenvalue weighted by molar-refractivity contribution is 5.60. The molecule has 0 amide bonds. The number of ether oxygens (including phenoxy) is 1. The molecular weight excluding hydrogens is 310 g/mol. The maximum atomic E-state index is 10.5. The first-order chi connectivity index (χ1) is 12.3. The Balaban J connectivity index is 1.45. The molecule has 134 valence electrons. The second kappa shape index (κ2) is 5.16. The van der Waals surface area contributed by atoms with Crippen molar-refractivity contribution in [2.75, 3.05) is 13.1 Å². The number of nitrogens with zero attached hydrogens (tertiary/aromatic N) is 1. The number of fused-ring (bicyclic) bond motifs is 1. The summed E-state index contributed by atoms with van der Waals surface area (Å²) in [5, 5.41) is 10.5. The lowest BCUT2D eigenvalue weighted by atomic mass is 9.55. The number of hydrogen-bond donors (Lipinski definition) is 1. The first-order valence-electron chi connectivity index (χ1n) is 10.5. The van der Waals surface area contributed by atoms with E-state index in [0.717, 1.165) is 24.0 Å². The standard InChI is InChI=1S/C22H29NO2/c24-18-8-7-15-12-17-16(9-11-23(17)13-14-4-3-5-14)22-10-2-1-6-19(22)25-21(18)20(15)22/h7-8,14,16-17,19,24H,1-6,9-13H2/t16?,17?,19-,22+/m0/s1. The predicted molar refractivity (Wildman–Crippen MR) is 97.2 cm³/mol. The molecule has 1 aromatic rings. The Morgan fingerprint density at radius 1 is 1.12 bits per heavy atom. The van der Waals surface area contributed by atoms with Gasteiger partial charge < -0.3 is 9.84 Å². The highest BCUT2D eigenvalue weighted by atomic mass is 16.5. The van der Waals surface area contributed by atoms with Crippen LogP contribution < -0.4 is 4.74 Å². The quantitative estimate of drug-likeness (QED) is 0.883. The van der Waals surface area contributed by atoms with Crippen molar-refractivity contribution in [2.24, 2.45) is 11.8 Å². The molecule has 6 rings (SSSR count). The average Bonchev–Trinajstić information content (AvgIpc) is 3.15. The van der Waals surface area contributed by atoms with Gasteiger partial charge in [0.25, 0.3) is 0 Å². The first-order valence-corrected chi connectivity index (χ1v) is 10.5. The van der Waals surface area contributed by atoms with Crippen LogP contribution in [0.1, 0.15) is 62.5 Å². The van der Waals surface area contributed by atoms with E-state index >= 15 is 0 Å². The van der Waals surface area contributed by atoms with Gasteiger partial charge in [0, 0.05) is 23.6 Å². The van der Waals surface area contributed by atoms with Gasteiger partial charge in [-0.15, -0.1) is 0 Å². The summed E-state index contributed by atoms with van der Waals surface area (Å²) < 4.78 is 6.45. The van der Waals surface area contributed by atoms with Crippen LogP contribution in [0.25, 0.3) is 0 Å². The predicted octanol–water partition coefficient (Wildman–Crippen LogP) is 4.01.